The second-order valence-electron chi connectivity index (χ2n) is 9.54. The van der Waals surface area contributed by atoms with Gasteiger partial charge in [-0.25, -0.2) is 4.79 Å². The van der Waals surface area contributed by atoms with Gasteiger partial charge in [-0.05, 0) is 80.4 Å². The molecule has 3 unspecified atom stereocenters. The highest BCUT2D eigenvalue weighted by Gasteiger charge is 2.57. The number of H-pyrrole nitrogens is 2. The quantitative estimate of drug-likeness (QED) is 0.667. The minimum atomic E-state index is -0.527. The number of imidazole rings is 1. The van der Waals surface area contributed by atoms with Crippen LogP contribution in [0, 0.1) is 17.3 Å². The van der Waals surface area contributed by atoms with E-state index in [-0.39, 0.29) is 23.1 Å². The molecular formula is C21H27N3O3. The molecule has 2 aromatic rings. The summed E-state index contributed by atoms with van der Waals surface area (Å²) in [5.41, 5.74) is 1.72. The number of hydrogen-bond acceptors (Lipinski definition) is 3. The first-order valence-corrected chi connectivity index (χ1v) is 10.1. The molecule has 1 aromatic heterocycles. The largest absolute Gasteiger partial charge is 0.390 e. The lowest BCUT2D eigenvalue weighted by Crippen LogP contribution is -2.56. The monoisotopic (exact) mass is 369 g/mol. The van der Waals surface area contributed by atoms with Crippen LogP contribution in [-0.4, -0.2) is 26.6 Å². The van der Waals surface area contributed by atoms with Gasteiger partial charge in [0.25, 0.3) is 0 Å². The van der Waals surface area contributed by atoms with E-state index >= 15 is 0 Å². The molecule has 3 atom stereocenters. The normalized spacial score (nSPS) is 35.5. The van der Waals surface area contributed by atoms with Crippen molar-refractivity contribution in [1.29, 1.82) is 0 Å². The van der Waals surface area contributed by atoms with Gasteiger partial charge in [-0.15, -0.1) is 0 Å². The minimum absolute atomic E-state index is 0.0154. The van der Waals surface area contributed by atoms with E-state index in [0.29, 0.717) is 18.3 Å². The molecule has 4 aliphatic carbocycles. The summed E-state index contributed by atoms with van der Waals surface area (Å²) in [5, 5.41) is 14.0. The summed E-state index contributed by atoms with van der Waals surface area (Å²) in [7, 11) is 0. The Balaban J connectivity index is 1.29. The Morgan fingerprint density at radius 3 is 2.63 bits per heavy atom. The summed E-state index contributed by atoms with van der Waals surface area (Å²) in [5.74, 6) is 1.25. The van der Waals surface area contributed by atoms with Crippen molar-refractivity contribution >= 4 is 16.9 Å². The number of carbonyl (C=O) groups excluding carboxylic acids is 1. The molecular weight excluding hydrogens is 342 g/mol. The van der Waals surface area contributed by atoms with Gasteiger partial charge in [-0.3, -0.25) is 4.79 Å². The van der Waals surface area contributed by atoms with Crippen molar-refractivity contribution in [2.75, 3.05) is 0 Å². The second-order valence-corrected chi connectivity index (χ2v) is 9.54. The van der Waals surface area contributed by atoms with Gasteiger partial charge in [0.05, 0.1) is 22.7 Å². The van der Waals surface area contributed by atoms with Crippen molar-refractivity contribution in [3.8, 4) is 0 Å². The van der Waals surface area contributed by atoms with E-state index in [1.54, 1.807) is 0 Å². The van der Waals surface area contributed by atoms with Crippen LogP contribution in [0.2, 0.25) is 0 Å². The van der Waals surface area contributed by atoms with Gasteiger partial charge in [0.2, 0.25) is 5.91 Å². The number of carbonyl (C=O) groups is 1. The highest BCUT2D eigenvalue weighted by molar-refractivity contribution is 5.78. The Morgan fingerprint density at radius 2 is 1.93 bits per heavy atom. The Labute approximate surface area is 157 Å². The molecule has 4 bridgehead atoms. The van der Waals surface area contributed by atoms with Crippen LogP contribution in [-0.2, 0) is 4.79 Å². The molecule has 6 heteroatoms. The zero-order chi connectivity index (χ0) is 18.8. The topological polar surface area (TPSA) is 98.0 Å². The second kappa shape index (κ2) is 5.71. The SMILES string of the molecule is CC(NC(=O)CC12CC3CC(CC(O)(C3)C1)C2)c1ccc2[nH]c(=O)[nH]c2c1. The molecule has 1 aromatic carbocycles. The van der Waals surface area contributed by atoms with E-state index < -0.39 is 5.60 Å². The lowest BCUT2D eigenvalue weighted by atomic mass is 9.47. The van der Waals surface area contributed by atoms with E-state index in [2.05, 4.69) is 15.3 Å². The zero-order valence-electron chi connectivity index (χ0n) is 15.7. The van der Waals surface area contributed by atoms with Gasteiger partial charge >= 0.3 is 5.69 Å². The molecule has 1 heterocycles. The van der Waals surface area contributed by atoms with Crippen molar-refractivity contribution in [1.82, 2.24) is 15.3 Å². The summed E-state index contributed by atoms with van der Waals surface area (Å²) < 4.78 is 0. The predicted octanol–water partition coefficient (Wildman–Crippen LogP) is 2.75. The number of aromatic nitrogens is 2. The van der Waals surface area contributed by atoms with Crippen LogP contribution in [0.25, 0.3) is 11.0 Å². The van der Waals surface area contributed by atoms with Crippen molar-refractivity contribution in [2.45, 2.75) is 63.5 Å². The fourth-order valence-electron chi connectivity index (χ4n) is 6.64. The van der Waals surface area contributed by atoms with Crippen LogP contribution >= 0.6 is 0 Å². The van der Waals surface area contributed by atoms with Gasteiger partial charge in [0.15, 0.2) is 0 Å². The zero-order valence-corrected chi connectivity index (χ0v) is 15.7. The van der Waals surface area contributed by atoms with E-state index in [1.165, 1.54) is 6.42 Å². The molecule has 27 heavy (non-hydrogen) atoms. The van der Waals surface area contributed by atoms with Crippen molar-refractivity contribution in [3.63, 3.8) is 0 Å². The number of aromatic amines is 2. The molecule has 4 saturated carbocycles. The van der Waals surface area contributed by atoms with Crippen LogP contribution < -0.4 is 11.0 Å². The molecule has 0 saturated heterocycles. The number of benzene rings is 1. The maximum Gasteiger partial charge on any atom is 0.323 e. The molecule has 4 N–H and O–H groups in total. The van der Waals surface area contributed by atoms with Crippen molar-refractivity contribution in [2.24, 2.45) is 17.3 Å². The fourth-order valence-corrected chi connectivity index (χ4v) is 6.64. The van der Waals surface area contributed by atoms with Crippen LogP contribution in [0.1, 0.15) is 63.5 Å². The van der Waals surface area contributed by atoms with Gasteiger partial charge in [-0.2, -0.15) is 0 Å². The van der Waals surface area contributed by atoms with Crippen LogP contribution in [0.5, 0.6) is 0 Å². The first-order valence-electron chi connectivity index (χ1n) is 10.1. The number of amides is 1. The van der Waals surface area contributed by atoms with E-state index in [0.717, 1.165) is 48.7 Å². The van der Waals surface area contributed by atoms with Gasteiger partial charge in [0, 0.05) is 6.42 Å². The third-order valence-electron chi connectivity index (χ3n) is 7.10. The number of nitrogens with one attached hydrogen (secondary N) is 3. The van der Waals surface area contributed by atoms with Gasteiger partial charge < -0.3 is 20.4 Å². The fraction of sp³-hybridized carbons (Fsp3) is 0.619. The highest BCUT2D eigenvalue weighted by Crippen LogP contribution is 2.62. The Hall–Kier alpha value is -2.08. The smallest absolute Gasteiger partial charge is 0.323 e. The van der Waals surface area contributed by atoms with E-state index in [4.69, 9.17) is 0 Å². The van der Waals surface area contributed by atoms with Crippen LogP contribution in [0.3, 0.4) is 0 Å². The van der Waals surface area contributed by atoms with Crippen LogP contribution in [0.4, 0.5) is 0 Å². The molecule has 0 spiro atoms. The molecule has 6 nitrogen and oxygen atoms in total. The summed E-state index contributed by atoms with van der Waals surface area (Å²) >= 11 is 0. The summed E-state index contributed by atoms with van der Waals surface area (Å²) in [4.78, 5) is 29.7. The third-order valence-corrected chi connectivity index (χ3v) is 7.10. The lowest BCUT2D eigenvalue weighted by Gasteiger charge is -2.60. The predicted molar refractivity (Wildman–Crippen MR) is 102 cm³/mol. The average molecular weight is 369 g/mol. The number of fused-ring (bicyclic) bond motifs is 1. The molecule has 6 rings (SSSR count). The molecule has 0 radical (unpaired) electrons. The van der Waals surface area contributed by atoms with E-state index in [1.807, 2.05) is 25.1 Å². The summed E-state index contributed by atoms with van der Waals surface area (Å²) in [6.07, 6.45) is 6.56. The molecule has 4 fully saturated rings. The average Bonchev–Trinajstić information content (AvgIpc) is 2.90. The number of hydrogen-bond donors (Lipinski definition) is 4. The standard InChI is InChI=1S/C21H27N3O3/c1-12(15-2-3-16-17(5-15)24-19(26)23-16)22-18(25)10-20-6-13-4-14(7-20)9-21(27,8-13)11-20/h2-3,5,12-14,27H,4,6-11H2,1H3,(H,22,25)(H2,23,24,26). The Kier molecular flexibility index (Phi) is 3.60. The number of rotatable bonds is 4. The first kappa shape index (κ1) is 17.0. The highest BCUT2D eigenvalue weighted by atomic mass is 16.3. The molecule has 0 aliphatic heterocycles. The number of aliphatic hydroxyl groups is 1. The minimum Gasteiger partial charge on any atom is -0.390 e. The molecule has 144 valence electrons. The maximum atomic E-state index is 12.8. The van der Waals surface area contributed by atoms with Gasteiger partial charge in [0.1, 0.15) is 0 Å². The van der Waals surface area contributed by atoms with Crippen molar-refractivity contribution < 1.29 is 9.90 Å². The summed E-state index contributed by atoms with van der Waals surface area (Å²) in [6, 6.07) is 5.58. The van der Waals surface area contributed by atoms with E-state index in [9.17, 15) is 14.7 Å². The van der Waals surface area contributed by atoms with Gasteiger partial charge in [-0.1, -0.05) is 6.07 Å². The lowest BCUT2D eigenvalue weighted by molar-refractivity contribution is -0.169. The maximum absolute atomic E-state index is 12.8. The Bertz CT molecular complexity index is 945. The van der Waals surface area contributed by atoms with Crippen molar-refractivity contribution in [3.05, 3.63) is 34.2 Å². The summed E-state index contributed by atoms with van der Waals surface area (Å²) in [6.45, 7) is 1.97. The third kappa shape index (κ3) is 3.00. The molecule has 4 aliphatic rings. The Morgan fingerprint density at radius 1 is 1.22 bits per heavy atom. The molecule has 1 amide bonds. The van der Waals surface area contributed by atoms with Crippen LogP contribution in [0.15, 0.2) is 23.0 Å². The first-order chi connectivity index (χ1) is 12.8.